The second-order valence-electron chi connectivity index (χ2n) is 6.64. The molecule has 0 saturated carbocycles. The van der Waals surface area contributed by atoms with E-state index < -0.39 is 0 Å². The van der Waals surface area contributed by atoms with Gasteiger partial charge in [0, 0.05) is 0 Å². The minimum atomic E-state index is 0.545. The van der Waals surface area contributed by atoms with Crippen molar-refractivity contribution in [2.24, 2.45) is 11.1 Å². The average Bonchev–Trinajstić information content (AvgIpc) is 2.49. The summed E-state index contributed by atoms with van der Waals surface area (Å²) in [5.74, 6) is 0.559. The van der Waals surface area contributed by atoms with Gasteiger partial charge in [0.2, 0.25) is 0 Å². The van der Waals surface area contributed by atoms with Crippen molar-refractivity contribution >= 4 is 0 Å². The molecular weight excluding hydrogens is 258 g/mol. The largest absolute Gasteiger partial charge is 0.151 e. The molecule has 0 heterocycles. The molecule has 0 rings (SSSR count). The van der Waals surface area contributed by atoms with E-state index in [4.69, 9.17) is 0 Å². The summed E-state index contributed by atoms with van der Waals surface area (Å²) in [5, 5.41) is 3.14. The van der Waals surface area contributed by atoms with Gasteiger partial charge in [-0.2, -0.15) is 4.91 Å². The Hall–Kier alpha value is -0.400. The molecule has 126 valence electrons. The molecule has 0 radical (unpaired) electrons. The van der Waals surface area contributed by atoms with Crippen LogP contribution in [0, 0.1) is 10.8 Å². The molecule has 1 unspecified atom stereocenters. The van der Waals surface area contributed by atoms with Gasteiger partial charge in [-0.1, -0.05) is 102 Å². The lowest BCUT2D eigenvalue weighted by molar-refractivity contribution is 0.411. The van der Waals surface area contributed by atoms with Crippen LogP contribution in [0.25, 0.3) is 0 Å². The van der Waals surface area contributed by atoms with Crippen LogP contribution in [0.4, 0.5) is 0 Å². The molecule has 0 aromatic rings. The summed E-state index contributed by atoms with van der Waals surface area (Å²) in [7, 11) is 0. The van der Waals surface area contributed by atoms with E-state index in [1.165, 1.54) is 96.3 Å². The highest BCUT2D eigenvalue weighted by atomic mass is 16.3. The smallest absolute Gasteiger partial charge is 0.0839 e. The number of hydrogen-bond acceptors (Lipinski definition) is 2. The Morgan fingerprint density at radius 2 is 1.00 bits per heavy atom. The third-order valence-electron chi connectivity index (χ3n) is 4.51. The average molecular weight is 298 g/mol. The van der Waals surface area contributed by atoms with Crippen molar-refractivity contribution in [3.8, 4) is 0 Å². The van der Waals surface area contributed by atoms with E-state index in [1.54, 1.807) is 0 Å². The van der Waals surface area contributed by atoms with Crippen molar-refractivity contribution in [3.63, 3.8) is 0 Å². The molecule has 2 nitrogen and oxygen atoms in total. The van der Waals surface area contributed by atoms with Gasteiger partial charge in [0.05, 0.1) is 6.54 Å². The predicted molar refractivity (Wildman–Crippen MR) is 94.8 cm³/mol. The van der Waals surface area contributed by atoms with Gasteiger partial charge in [0.1, 0.15) is 0 Å². The molecule has 0 amide bonds. The van der Waals surface area contributed by atoms with Gasteiger partial charge in [0.15, 0.2) is 0 Å². The molecule has 2 heteroatoms. The number of nitrogens with zero attached hydrogens (tertiary/aromatic N) is 1. The minimum absolute atomic E-state index is 0.545. The van der Waals surface area contributed by atoms with E-state index in [-0.39, 0.29) is 0 Å². The summed E-state index contributed by atoms with van der Waals surface area (Å²) < 4.78 is 0. The molecule has 0 fully saturated rings. The quantitative estimate of drug-likeness (QED) is 0.205. The van der Waals surface area contributed by atoms with Crippen LogP contribution in [0.15, 0.2) is 5.18 Å². The Morgan fingerprint density at radius 3 is 1.43 bits per heavy atom. The van der Waals surface area contributed by atoms with Crippen molar-refractivity contribution < 1.29 is 0 Å². The van der Waals surface area contributed by atoms with Crippen LogP contribution in [-0.4, -0.2) is 6.54 Å². The zero-order valence-electron chi connectivity index (χ0n) is 14.7. The van der Waals surface area contributed by atoms with Crippen molar-refractivity contribution in [1.29, 1.82) is 0 Å². The fraction of sp³-hybridized carbons (Fsp3) is 1.00. The Morgan fingerprint density at radius 1 is 0.619 bits per heavy atom. The van der Waals surface area contributed by atoms with Crippen molar-refractivity contribution in [3.05, 3.63) is 4.91 Å². The van der Waals surface area contributed by atoms with Crippen LogP contribution in [0.1, 0.15) is 110 Å². The third kappa shape index (κ3) is 15.8. The van der Waals surface area contributed by atoms with Crippen LogP contribution in [-0.2, 0) is 0 Å². The first-order valence-corrected chi connectivity index (χ1v) is 9.64. The molecule has 21 heavy (non-hydrogen) atoms. The second kappa shape index (κ2) is 17.7. The standard InChI is InChI=1S/C19H39NO/c1-3-5-7-9-10-11-12-13-15-17-19(18-20-21)16-14-8-6-4-2/h19H,3-18H2,1-2H3. The SMILES string of the molecule is CCCCCCCCCCCC(CCCCCC)CN=O. The number of nitroso groups, excluding NO2 is 1. The predicted octanol–water partition coefficient (Wildman–Crippen LogP) is 7.26. The van der Waals surface area contributed by atoms with Crippen LogP contribution in [0.2, 0.25) is 0 Å². The topological polar surface area (TPSA) is 29.4 Å². The lowest BCUT2D eigenvalue weighted by Crippen LogP contribution is -2.04. The lowest BCUT2D eigenvalue weighted by Gasteiger charge is -2.13. The second-order valence-corrected chi connectivity index (χ2v) is 6.64. The van der Waals surface area contributed by atoms with Crippen molar-refractivity contribution in [2.45, 2.75) is 110 Å². The maximum atomic E-state index is 10.5. The van der Waals surface area contributed by atoms with E-state index in [0.717, 1.165) is 0 Å². The van der Waals surface area contributed by atoms with E-state index in [1.807, 2.05) is 0 Å². The fourth-order valence-electron chi connectivity index (χ4n) is 3.04. The molecule has 0 N–H and O–H groups in total. The molecular formula is C19H39NO. The van der Waals surface area contributed by atoms with E-state index in [2.05, 4.69) is 19.0 Å². The van der Waals surface area contributed by atoms with Gasteiger partial charge in [-0.3, -0.25) is 0 Å². The van der Waals surface area contributed by atoms with E-state index in [0.29, 0.717) is 12.5 Å². The highest BCUT2D eigenvalue weighted by Crippen LogP contribution is 2.19. The maximum Gasteiger partial charge on any atom is 0.0839 e. The molecule has 0 aliphatic heterocycles. The Labute approximate surface area is 133 Å². The monoisotopic (exact) mass is 297 g/mol. The van der Waals surface area contributed by atoms with Crippen molar-refractivity contribution in [1.82, 2.24) is 0 Å². The van der Waals surface area contributed by atoms with E-state index >= 15 is 0 Å². The summed E-state index contributed by atoms with van der Waals surface area (Å²) in [6.45, 7) is 5.06. The first-order valence-electron chi connectivity index (χ1n) is 9.64. The highest BCUT2D eigenvalue weighted by Gasteiger charge is 2.08. The maximum absolute atomic E-state index is 10.5. The van der Waals surface area contributed by atoms with Gasteiger partial charge in [-0.05, 0) is 18.8 Å². The van der Waals surface area contributed by atoms with Crippen molar-refractivity contribution in [2.75, 3.05) is 6.54 Å². The number of rotatable bonds is 17. The molecule has 0 aromatic heterocycles. The molecule has 0 spiro atoms. The highest BCUT2D eigenvalue weighted by molar-refractivity contribution is 4.63. The third-order valence-corrected chi connectivity index (χ3v) is 4.51. The number of hydrogen-bond donors (Lipinski definition) is 0. The van der Waals surface area contributed by atoms with Gasteiger partial charge >= 0.3 is 0 Å². The summed E-state index contributed by atoms with van der Waals surface area (Å²) >= 11 is 0. The molecule has 0 aliphatic carbocycles. The van der Waals surface area contributed by atoms with Crippen LogP contribution < -0.4 is 0 Å². The normalized spacial score (nSPS) is 12.5. The van der Waals surface area contributed by atoms with E-state index in [9.17, 15) is 4.91 Å². The summed E-state index contributed by atoms with van der Waals surface area (Å²) in [6, 6.07) is 0. The first kappa shape index (κ1) is 20.6. The molecule has 0 bridgehead atoms. The van der Waals surface area contributed by atoms with Crippen LogP contribution in [0.5, 0.6) is 0 Å². The Balaban J connectivity index is 3.40. The number of unbranched alkanes of at least 4 members (excludes halogenated alkanes) is 11. The molecule has 0 aromatic carbocycles. The van der Waals surface area contributed by atoms with Crippen LogP contribution in [0.3, 0.4) is 0 Å². The van der Waals surface area contributed by atoms with Gasteiger partial charge in [-0.25, -0.2) is 0 Å². The van der Waals surface area contributed by atoms with Gasteiger partial charge in [0.25, 0.3) is 0 Å². The summed E-state index contributed by atoms with van der Waals surface area (Å²) in [6.07, 6.45) is 20.1. The van der Waals surface area contributed by atoms with Gasteiger partial charge < -0.3 is 0 Å². The Bertz CT molecular complexity index is 206. The summed E-state index contributed by atoms with van der Waals surface area (Å²) in [5.41, 5.74) is 0. The zero-order valence-corrected chi connectivity index (χ0v) is 14.7. The molecule has 0 aliphatic rings. The summed E-state index contributed by atoms with van der Waals surface area (Å²) in [4.78, 5) is 10.5. The zero-order chi connectivity index (χ0) is 15.6. The minimum Gasteiger partial charge on any atom is -0.151 e. The fourth-order valence-corrected chi connectivity index (χ4v) is 3.04. The van der Waals surface area contributed by atoms with Gasteiger partial charge in [-0.15, -0.1) is 0 Å². The van der Waals surface area contributed by atoms with Crippen LogP contribution >= 0.6 is 0 Å². The Kier molecular flexibility index (Phi) is 17.3. The molecule has 1 atom stereocenters. The lowest BCUT2D eigenvalue weighted by atomic mass is 9.94. The molecule has 0 saturated heterocycles. The first-order chi connectivity index (χ1) is 10.3.